The maximum Gasteiger partial charge on any atom is 0.410 e. The average molecular weight is 456 g/mol. The summed E-state index contributed by atoms with van der Waals surface area (Å²) in [6, 6.07) is 6.99. The van der Waals surface area contributed by atoms with Crippen LogP contribution in [0.4, 0.5) is 10.5 Å². The van der Waals surface area contributed by atoms with Gasteiger partial charge in [-0.1, -0.05) is 6.92 Å². The highest BCUT2D eigenvalue weighted by molar-refractivity contribution is 6.13. The van der Waals surface area contributed by atoms with Crippen molar-refractivity contribution in [1.82, 2.24) is 9.88 Å². The summed E-state index contributed by atoms with van der Waals surface area (Å²) in [6.07, 6.45) is 4.14. The first-order valence-corrected chi connectivity index (χ1v) is 11.4. The standard InChI is InChI=1S/C25H33N3O5/c1-5-13-28(24(31)33-25(2,3)4)14-15-32-18-11-9-17(10-12-18)27-23(30)19-16-26-20-7-6-8-21(29)22(19)20/h9-12,16,26H,5-8,13-15H2,1-4H3,(H,27,30). The molecule has 178 valence electrons. The van der Waals surface area contributed by atoms with E-state index < -0.39 is 5.60 Å². The number of carbonyl (C=O) groups is 3. The van der Waals surface area contributed by atoms with Crippen LogP contribution in [0.1, 0.15) is 73.4 Å². The van der Waals surface area contributed by atoms with Gasteiger partial charge in [-0.05, 0) is 64.3 Å². The summed E-state index contributed by atoms with van der Waals surface area (Å²) in [5.74, 6) is 0.321. The number of rotatable bonds is 8. The van der Waals surface area contributed by atoms with Crippen LogP contribution in [0.5, 0.6) is 5.75 Å². The molecule has 3 rings (SSSR count). The van der Waals surface area contributed by atoms with Crippen molar-refractivity contribution in [3.63, 3.8) is 0 Å². The smallest absolute Gasteiger partial charge is 0.410 e. The number of aromatic amines is 1. The van der Waals surface area contributed by atoms with Crippen LogP contribution >= 0.6 is 0 Å². The van der Waals surface area contributed by atoms with Crippen LogP contribution in [0, 0.1) is 0 Å². The number of hydrogen-bond acceptors (Lipinski definition) is 5. The normalized spacial score (nSPS) is 13.3. The lowest BCUT2D eigenvalue weighted by atomic mass is 9.93. The molecule has 0 fully saturated rings. The van der Waals surface area contributed by atoms with Crippen LogP contribution in [-0.2, 0) is 11.2 Å². The third-order valence-corrected chi connectivity index (χ3v) is 5.20. The Kier molecular flexibility index (Phi) is 7.79. The lowest BCUT2D eigenvalue weighted by Gasteiger charge is -2.27. The molecule has 0 unspecified atom stereocenters. The Hall–Kier alpha value is -3.29. The fourth-order valence-electron chi connectivity index (χ4n) is 3.71. The lowest BCUT2D eigenvalue weighted by Crippen LogP contribution is -2.39. The number of carbonyl (C=O) groups excluding carboxylic acids is 3. The lowest BCUT2D eigenvalue weighted by molar-refractivity contribution is 0.0226. The van der Waals surface area contributed by atoms with E-state index in [1.807, 2.05) is 27.7 Å². The number of aryl methyl sites for hydroxylation is 1. The minimum atomic E-state index is -0.544. The molecule has 2 N–H and O–H groups in total. The molecule has 1 aliphatic rings. The van der Waals surface area contributed by atoms with Gasteiger partial charge in [-0.2, -0.15) is 0 Å². The molecule has 0 saturated carbocycles. The molecule has 0 radical (unpaired) electrons. The van der Waals surface area contributed by atoms with Gasteiger partial charge in [0, 0.05) is 30.5 Å². The number of nitrogens with zero attached hydrogens (tertiary/aromatic N) is 1. The molecule has 0 saturated heterocycles. The summed E-state index contributed by atoms with van der Waals surface area (Å²) < 4.78 is 11.2. The van der Waals surface area contributed by atoms with Gasteiger partial charge in [-0.3, -0.25) is 9.59 Å². The van der Waals surface area contributed by atoms with Crippen molar-refractivity contribution >= 4 is 23.5 Å². The van der Waals surface area contributed by atoms with Gasteiger partial charge in [0.25, 0.3) is 5.91 Å². The number of benzene rings is 1. The van der Waals surface area contributed by atoms with E-state index in [-0.39, 0.29) is 17.8 Å². The zero-order valence-corrected chi connectivity index (χ0v) is 19.8. The molecular weight excluding hydrogens is 422 g/mol. The third kappa shape index (κ3) is 6.60. The van der Waals surface area contributed by atoms with E-state index >= 15 is 0 Å². The van der Waals surface area contributed by atoms with E-state index in [1.54, 1.807) is 35.4 Å². The van der Waals surface area contributed by atoms with Crippen molar-refractivity contribution in [2.75, 3.05) is 25.0 Å². The number of fused-ring (bicyclic) bond motifs is 1. The molecule has 0 aliphatic heterocycles. The maximum atomic E-state index is 12.7. The summed E-state index contributed by atoms with van der Waals surface area (Å²) in [6.45, 7) is 8.85. The largest absolute Gasteiger partial charge is 0.492 e. The highest BCUT2D eigenvalue weighted by Gasteiger charge is 2.26. The second-order valence-corrected chi connectivity index (χ2v) is 9.13. The zero-order valence-electron chi connectivity index (χ0n) is 19.8. The summed E-state index contributed by atoms with van der Waals surface area (Å²) in [4.78, 5) is 41.9. The van der Waals surface area contributed by atoms with Crippen molar-refractivity contribution in [2.24, 2.45) is 0 Å². The number of H-pyrrole nitrogens is 1. The first-order chi connectivity index (χ1) is 15.7. The molecule has 1 aliphatic carbocycles. The molecule has 0 atom stereocenters. The molecular formula is C25H33N3O5. The van der Waals surface area contributed by atoms with Crippen molar-refractivity contribution in [3.05, 3.63) is 47.3 Å². The highest BCUT2D eigenvalue weighted by atomic mass is 16.6. The van der Waals surface area contributed by atoms with Crippen LogP contribution in [0.25, 0.3) is 0 Å². The van der Waals surface area contributed by atoms with E-state index in [1.165, 1.54) is 0 Å². The van der Waals surface area contributed by atoms with Crippen LogP contribution in [0.2, 0.25) is 0 Å². The topological polar surface area (TPSA) is 101 Å². The van der Waals surface area contributed by atoms with E-state index in [4.69, 9.17) is 9.47 Å². The van der Waals surface area contributed by atoms with Crippen molar-refractivity contribution < 1.29 is 23.9 Å². The summed E-state index contributed by atoms with van der Waals surface area (Å²) >= 11 is 0. The molecule has 33 heavy (non-hydrogen) atoms. The SMILES string of the molecule is CCCN(CCOc1ccc(NC(=O)c2c[nH]c3c2C(=O)CCC3)cc1)C(=O)OC(C)(C)C. The Balaban J connectivity index is 1.53. The first-order valence-electron chi connectivity index (χ1n) is 11.4. The number of ketones is 1. The van der Waals surface area contributed by atoms with Crippen LogP contribution < -0.4 is 10.1 Å². The quantitative estimate of drug-likeness (QED) is 0.595. The second kappa shape index (κ2) is 10.6. The number of Topliss-reactive ketones (excluding diaryl/α,β-unsaturated/α-hetero) is 1. The molecule has 8 nitrogen and oxygen atoms in total. The highest BCUT2D eigenvalue weighted by Crippen LogP contribution is 2.25. The van der Waals surface area contributed by atoms with E-state index in [2.05, 4.69) is 10.3 Å². The third-order valence-electron chi connectivity index (χ3n) is 5.20. The Morgan fingerprint density at radius 2 is 1.85 bits per heavy atom. The minimum absolute atomic E-state index is 0.00916. The Bertz CT molecular complexity index is 988. The van der Waals surface area contributed by atoms with Gasteiger partial charge in [0.1, 0.15) is 18.0 Å². The van der Waals surface area contributed by atoms with Crippen LogP contribution in [0.3, 0.4) is 0 Å². The fraction of sp³-hybridized carbons (Fsp3) is 0.480. The number of amides is 2. The van der Waals surface area contributed by atoms with Gasteiger partial charge in [-0.25, -0.2) is 4.79 Å². The van der Waals surface area contributed by atoms with E-state index in [0.29, 0.717) is 48.7 Å². The van der Waals surface area contributed by atoms with E-state index in [0.717, 1.165) is 25.0 Å². The number of nitrogens with one attached hydrogen (secondary N) is 2. The van der Waals surface area contributed by atoms with Gasteiger partial charge in [-0.15, -0.1) is 0 Å². The van der Waals surface area contributed by atoms with Crippen LogP contribution in [-0.4, -0.2) is 53.0 Å². The van der Waals surface area contributed by atoms with Crippen molar-refractivity contribution in [2.45, 2.75) is 59.0 Å². The fourth-order valence-corrected chi connectivity index (χ4v) is 3.71. The van der Waals surface area contributed by atoms with Crippen molar-refractivity contribution in [3.8, 4) is 5.75 Å². The number of aromatic nitrogens is 1. The van der Waals surface area contributed by atoms with Gasteiger partial charge in [0.05, 0.1) is 17.7 Å². The number of anilines is 1. The van der Waals surface area contributed by atoms with Gasteiger partial charge in [0.15, 0.2) is 5.78 Å². The second-order valence-electron chi connectivity index (χ2n) is 9.13. The maximum absolute atomic E-state index is 12.7. The Morgan fingerprint density at radius 1 is 1.12 bits per heavy atom. The predicted molar refractivity (Wildman–Crippen MR) is 126 cm³/mol. The number of ether oxygens (including phenoxy) is 2. The molecule has 1 aromatic heterocycles. The van der Waals surface area contributed by atoms with Gasteiger partial charge in [0.2, 0.25) is 0 Å². The predicted octanol–water partition coefficient (Wildman–Crippen LogP) is 4.81. The molecule has 0 bridgehead atoms. The monoisotopic (exact) mass is 455 g/mol. The molecule has 1 aromatic carbocycles. The summed E-state index contributed by atoms with van der Waals surface area (Å²) in [7, 11) is 0. The Labute approximate surface area is 194 Å². The van der Waals surface area contributed by atoms with E-state index in [9.17, 15) is 14.4 Å². The Morgan fingerprint density at radius 3 is 2.52 bits per heavy atom. The molecule has 2 aromatic rings. The molecule has 8 heteroatoms. The zero-order chi connectivity index (χ0) is 24.0. The summed E-state index contributed by atoms with van der Waals surface area (Å²) in [5, 5.41) is 2.83. The van der Waals surface area contributed by atoms with Gasteiger partial charge < -0.3 is 24.7 Å². The molecule has 2 amide bonds. The summed E-state index contributed by atoms with van der Waals surface area (Å²) in [5.41, 5.74) is 1.79. The first kappa shape index (κ1) is 24.4. The number of hydrogen-bond donors (Lipinski definition) is 2. The minimum Gasteiger partial charge on any atom is -0.492 e. The average Bonchev–Trinajstić information content (AvgIpc) is 3.19. The molecule has 1 heterocycles. The van der Waals surface area contributed by atoms with Crippen molar-refractivity contribution in [1.29, 1.82) is 0 Å². The molecule has 0 spiro atoms. The van der Waals surface area contributed by atoms with Gasteiger partial charge >= 0.3 is 6.09 Å². The van der Waals surface area contributed by atoms with Crippen LogP contribution in [0.15, 0.2) is 30.5 Å².